The molecule has 3 nitrogen and oxygen atoms in total. The number of amidine groups is 1. The van der Waals surface area contributed by atoms with E-state index in [1.807, 2.05) is 43.5 Å². The summed E-state index contributed by atoms with van der Waals surface area (Å²) in [5.41, 5.74) is 2.95. The van der Waals surface area contributed by atoms with Gasteiger partial charge in [0.2, 0.25) is 0 Å². The van der Waals surface area contributed by atoms with Crippen LogP contribution in [0.4, 0.5) is 5.69 Å². The van der Waals surface area contributed by atoms with E-state index in [0.29, 0.717) is 15.1 Å². The maximum atomic E-state index is 12.1. The molecule has 22 heavy (non-hydrogen) atoms. The fraction of sp³-hybridized carbons (Fsp3) is 0.125. The Balaban J connectivity index is 1.88. The van der Waals surface area contributed by atoms with E-state index in [9.17, 15) is 4.79 Å². The largest absolute Gasteiger partial charge is 0.300 e. The van der Waals surface area contributed by atoms with Crippen LogP contribution >= 0.6 is 34.7 Å². The van der Waals surface area contributed by atoms with E-state index >= 15 is 0 Å². The highest BCUT2D eigenvalue weighted by atomic mass is 35.5. The maximum absolute atomic E-state index is 12.1. The molecule has 0 unspecified atom stereocenters. The first-order valence-corrected chi connectivity index (χ1v) is 8.70. The molecule has 1 aliphatic rings. The second-order valence-electron chi connectivity index (χ2n) is 4.88. The van der Waals surface area contributed by atoms with Crippen molar-refractivity contribution in [2.75, 3.05) is 0 Å². The fourth-order valence-electron chi connectivity index (χ4n) is 1.94. The standard InChI is InChI=1S/C16H13ClN2OS2/c1-9-3-4-11(17)7-12(9)18-16-19-15(20)14(22-16)8-13-10(2)5-6-21-13/h3-8H,1-2H3,(H,18,19,20)/b14-8-. The van der Waals surface area contributed by atoms with Crippen molar-refractivity contribution in [3.63, 3.8) is 0 Å². The van der Waals surface area contributed by atoms with Crippen LogP contribution in [0.3, 0.4) is 0 Å². The van der Waals surface area contributed by atoms with Crippen molar-refractivity contribution in [2.45, 2.75) is 13.8 Å². The number of thioether (sulfide) groups is 1. The van der Waals surface area contributed by atoms with Crippen LogP contribution in [0, 0.1) is 13.8 Å². The maximum Gasteiger partial charge on any atom is 0.264 e. The third-order valence-corrected chi connectivity index (χ3v) is 5.32. The molecule has 1 aromatic carbocycles. The molecule has 2 heterocycles. The third-order valence-electron chi connectivity index (χ3n) is 3.21. The number of hydrogen-bond acceptors (Lipinski definition) is 4. The van der Waals surface area contributed by atoms with Crippen LogP contribution in [-0.2, 0) is 4.79 Å². The number of aryl methyl sites for hydroxylation is 2. The number of aliphatic imine (C=N–C) groups is 1. The number of halogens is 1. The predicted molar refractivity (Wildman–Crippen MR) is 96.1 cm³/mol. The quantitative estimate of drug-likeness (QED) is 0.783. The summed E-state index contributed by atoms with van der Waals surface area (Å²) in [5.74, 6) is -0.115. The smallest absolute Gasteiger partial charge is 0.264 e. The van der Waals surface area contributed by atoms with Crippen LogP contribution in [0.5, 0.6) is 0 Å². The predicted octanol–water partition coefficient (Wildman–Crippen LogP) is 4.91. The highest BCUT2D eigenvalue weighted by Crippen LogP contribution is 2.31. The lowest BCUT2D eigenvalue weighted by Gasteiger charge is -2.01. The number of nitrogens with one attached hydrogen (secondary N) is 1. The number of rotatable bonds is 2. The van der Waals surface area contributed by atoms with Crippen LogP contribution in [0.1, 0.15) is 16.0 Å². The SMILES string of the molecule is Cc1ccc(Cl)cc1N=C1NC(=O)/C(=C/c2sccc2C)S1. The molecule has 1 aliphatic heterocycles. The van der Waals surface area contributed by atoms with Gasteiger partial charge >= 0.3 is 0 Å². The summed E-state index contributed by atoms with van der Waals surface area (Å²) in [4.78, 5) is 18.3. The molecule has 1 N–H and O–H groups in total. The number of carbonyl (C=O) groups is 1. The van der Waals surface area contributed by atoms with Crippen LogP contribution in [0.2, 0.25) is 5.02 Å². The van der Waals surface area contributed by atoms with Crippen molar-refractivity contribution in [2.24, 2.45) is 4.99 Å². The van der Waals surface area contributed by atoms with Gasteiger partial charge in [-0.2, -0.15) is 0 Å². The summed E-state index contributed by atoms with van der Waals surface area (Å²) >= 11 is 8.97. The average molecular weight is 349 g/mol. The van der Waals surface area contributed by atoms with Gasteiger partial charge in [-0.25, -0.2) is 4.99 Å². The zero-order chi connectivity index (χ0) is 15.7. The Morgan fingerprint density at radius 1 is 1.23 bits per heavy atom. The molecule has 3 rings (SSSR count). The van der Waals surface area contributed by atoms with E-state index in [0.717, 1.165) is 16.1 Å². The second-order valence-corrected chi connectivity index (χ2v) is 7.30. The van der Waals surface area contributed by atoms with Crippen LogP contribution in [0.15, 0.2) is 39.5 Å². The van der Waals surface area contributed by atoms with Crippen LogP contribution < -0.4 is 5.32 Å². The van der Waals surface area contributed by atoms with E-state index in [1.165, 1.54) is 17.3 Å². The molecule has 2 aromatic rings. The minimum atomic E-state index is -0.115. The molecule has 0 saturated carbocycles. The summed E-state index contributed by atoms with van der Waals surface area (Å²) in [7, 11) is 0. The molecule has 112 valence electrons. The number of nitrogens with zero attached hydrogens (tertiary/aromatic N) is 1. The first-order chi connectivity index (χ1) is 10.5. The average Bonchev–Trinajstić information content (AvgIpc) is 3.02. The molecule has 6 heteroatoms. The summed E-state index contributed by atoms with van der Waals surface area (Å²) < 4.78 is 0. The van der Waals surface area contributed by atoms with Crippen LogP contribution in [0.25, 0.3) is 6.08 Å². The van der Waals surface area contributed by atoms with E-state index in [1.54, 1.807) is 17.4 Å². The summed E-state index contributed by atoms with van der Waals surface area (Å²) in [6.07, 6.45) is 1.91. The number of hydrogen-bond donors (Lipinski definition) is 1. The van der Waals surface area contributed by atoms with Gasteiger partial charge in [-0.15, -0.1) is 11.3 Å². The molecular formula is C16H13ClN2OS2. The second kappa shape index (κ2) is 6.28. The van der Waals surface area contributed by atoms with Crippen molar-refractivity contribution >= 4 is 57.5 Å². The fourth-order valence-corrected chi connectivity index (χ4v) is 3.86. The zero-order valence-corrected chi connectivity index (χ0v) is 14.4. The summed E-state index contributed by atoms with van der Waals surface area (Å²) in [6.45, 7) is 3.99. The first-order valence-electron chi connectivity index (χ1n) is 6.63. The lowest BCUT2D eigenvalue weighted by atomic mass is 10.2. The van der Waals surface area contributed by atoms with E-state index in [2.05, 4.69) is 10.3 Å². The minimum Gasteiger partial charge on any atom is -0.300 e. The molecule has 1 fully saturated rings. The zero-order valence-electron chi connectivity index (χ0n) is 12.0. The van der Waals surface area contributed by atoms with Crippen molar-refractivity contribution in [3.05, 3.63) is 55.6 Å². The summed E-state index contributed by atoms with van der Waals surface area (Å²) in [6, 6.07) is 7.57. The number of amides is 1. The Morgan fingerprint density at radius 3 is 2.77 bits per heavy atom. The Labute approximate surface area is 142 Å². The molecule has 0 atom stereocenters. The highest BCUT2D eigenvalue weighted by Gasteiger charge is 2.24. The van der Waals surface area contributed by atoms with Crippen molar-refractivity contribution in [3.8, 4) is 0 Å². The third kappa shape index (κ3) is 3.27. The van der Waals surface area contributed by atoms with E-state index < -0.39 is 0 Å². The van der Waals surface area contributed by atoms with Gasteiger partial charge in [-0.3, -0.25) is 4.79 Å². The van der Waals surface area contributed by atoms with Crippen molar-refractivity contribution in [1.29, 1.82) is 0 Å². The Bertz CT molecular complexity index is 808. The number of carbonyl (C=O) groups excluding carboxylic acids is 1. The normalized spacial score (nSPS) is 18.2. The van der Waals surface area contributed by atoms with Gasteiger partial charge in [0.25, 0.3) is 5.91 Å². The molecule has 0 aliphatic carbocycles. The molecule has 0 spiro atoms. The Kier molecular flexibility index (Phi) is 4.38. The van der Waals surface area contributed by atoms with Gasteiger partial charge in [0, 0.05) is 9.90 Å². The van der Waals surface area contributed by atoms with E-state index in [4.69, 9.17) is 11.6 Å². The van der Waals surface area contributed by atoms with Gasteiger partial charge in [0.15, 0.2) is 5.17 Å². The van der Waals surface area contributed by atoms with Gasteiger partial charge in [-0.05, 0) is 66.4 Å². The minimum absolute atomic E-state index is 0.115. The van der Waals surface area contributed by atoms with Gasteiger partial charge in [0.1, 0.15) is 0 Å². The number of thiophene rings is 1. The monoisotopic (exact) mass is 348 g/mol. The molecule has 0 radical (unpaired) electrons. The van der Waals surface area contributed by atoms with Crippen molar-refractivity contribution in [1.82, 2.24) is 5.32 Å². The van der Waals surface area contributed by atoms with Crippen molar-refractivity contribution < 1.29 is 4.79 Å². The van der Waals surface area contributed by atoms with Gasteiger partial charge in [0.05, 0.1) is 10.6 Å². The first kappa shape index (κ1) is 15.3. The topological polar surface area (TPSA) is 41.5 Å². The highest BCUT2D eigenvalue weighted by molar-refractivity contribution is 8.18. The Morgan fingerprint density at radius 2 is 2.05 bits per heavy atom. The molecular weight excluding hydrogens is 336 g/mol. The van der Waals surface area contributed by atoms with Crippen LogP contribution in [-0.4, -0.2) is 11.1 Å². The van der Waals surface area contributed by atoms with E-state index in [-0.39, 0.29) is 5.91 Å². The van der Waals surface area contributed by atoms with Gasteiger partial charge < -0.3 is 5.32 Å². The molecule has 0 bridgehead atoms. The lowest BCUT2D eigenvalue weighted by molar-refractivity contribution is -0.115. The van der Waals surface area contributed by atoms with Gasteiger partial charge in [-0.1, -0.05) is 17.7 Å². The lowest BCUT2D eigenvalue weighted by Crippen LogP contribution is -2.19. The number of benzene rings is 1. The molecule has 1 saturated heterocycles. The molecule has 1 aromatic heterocycles. The Hall–Kier alpha value is -1.56. The molecule has 1 amide bonds. The summed E-state index contributed by atoms with van der Waals surface area (Å²) in [5, 5.41) is 6.02.